The minimum absolute atomic E-state index is 0.0870. The fraction of sp³-hybridized carbons (Fsp3) is 0.828. The van der Waals surface area contributed by atoms with Gasteiger partial charge in [0.05, 0.1) is 34.4 Å². The van der Waals surface area contributed by atoms with Gasteiger partial charge in [-0.1, -0.05) is 280 Å². The van der Waals surface area contributed by atoms with Gasteiger partial charge in [0, 0.05) is 13.0 Å². The molecule has 0 aliphatic carbocycles. The molecule has 9 heteroatoms. The van der Waals surface area contributed by atoms with E-state index in [0.717, 1.165) is 70.6 Å². The standard InChI is InChI=1S/C64H120NO7P/c1-6-8-10-12-14-16-18-20-22-24-26-28-30-32-34-36-38-40-42-44-46-48-50-52-54-56-59-69-61-63(62-71-73(67,68)70-60-58-65(3,4)5)72-64(66)57-55-53-51-49-47-45-43-41-39-37-35-33-31-29-27-25-23-21-19-17-15-13-11-9-7-2/h9,11,15,17,21,23,27,29,33,35,63H,6-8,10,12-14,16,18-20,22,24-26,28,30-32,34,36-62H2,1-5H3/p+1/b11-9-,17-15-,23-21-,29-27-,35-33-. The molecule has 0 aromatic rings. The van der Waals surface area contributed by atoms with Crippen LogP contribution in [0.4, 0.5) is 0 Å². The average Bonchev–Trinajstić information content (AvgIpc) is 3.35. The highest BCUT2D eigenvalue weighted by Crippen LogP contribution is 2.43. The Morgan fingerprint density at radius 3 is 1.19 bits per heavy atom. The number of allylic oxidation sites excluding steroid dienone is 10. The normalized spacial score (nSPS) is 13.8. The Morgan fingerprint density at radius 1 is 0.438 bits per heavy atom. The van der Waals surface area contributed by atoms with E-state index in [0.29, 0.717) is 24.1 Å². The van der Waals surface area contributed by atoms with Crippen molar-refractivity contribution >= 4 is 13.8 Å². The lowest BCUT2D eigenvalue weighted by Crippen LogP contribution is -2.37. The largest absolute Gasteiger partial charge is 0.472 e. The van der Waals surface area contributed by atoms with E-state index < -0.39 is 13.9 Å². The summed E-state index contributed by atoms with van der Waals surface area (Å²) in [6.45, 7) is 5.55. The molecule has 0 aromatic carbocycles. The minimum atomic E-state index is -4.29. The Balaban J connectivity index is 4.03. The van der Waals surface area contributed by atoms with Crippen molar-refractivity contribution in [2.75, 3.05) is 54.1 Å². The molecule has 0 fully saturated rings. The lowest BCUT2D eigenvalue weighted by molar-refractivity contribution is -0.870. The molecule has 0 saturated carbocycles. The van der Waals surface area contributed by atoms with Crippen LogP contribution >= 0.6 is 7.82 Å². The summed E-state index contributed by atoms with van der Waals surface area (Å²) in [7, 11) is 1.67. The number of phosphoric acid groups is 1. The summed E-state index contributed by atoms with van der Waals surface area (Å²) in [5.74, 6) is -0.316. The van der Waals surface area contributed by atoms with Crippen molar-refractivity contribution in [1.29, 1.82) is 0 Å². The molecule has 428 valence electrons. The van der Waals surface area contributed by atoms with E-state index >= 15 is 0 Å². The second-order valence-electron chi connectivity index (χ2n) is 22.1. The van der Waals surface area contributed by atoms with Crippen molar-refractivity contribution in [3.05, 3.63) is 60.8 Å². The van der Waals surface area contributed by atoms with E-state index in [1.54, 1.807) is 0 Å². The number of unbranched alkanes of at least 4 members (excludes halogenated alkanes) is 34. The number of likely N-dealkylation sites (N-methyl/N-ethyl adjacent to an activating group) is 1. The number of hydrogen-bond donors (Lipinski definition) is 1. The summed E-state index contributed by atoms with van der Waals surface area (Å²) >= 11 is 0. The van der Waals surface area contributed by atoms with Gasteiger partial charge in [0.1, 0.15) is 19.3 Å². The zero-order chi connectivity index (χ0) is 53.3. The lowest BCUT2D eigenvalue weighted by atomic mass is 10.0. The fourth-order valence-corrected chi connectivity index (χ4v) is 9.62. The predicted molar refractivity (Wildman–Crippen MR) is 316 cm³/mol. The van der Waals surface area contributed by atoms with E-state index in [2.05, 4.69) is 74.6 Å². The second-order valence-corrected chi connectivity index (χ2v) is 23.5. The number of ether oxygens (including phenoxy) is 2. The Bertz CT molecular complexity index is 1350. The minimum Gasteiger partial charge on any atom is -0.457 e. The van der Waals surface area contributed by atoms with Crippen molar-refractivity contribution in [2.24, 2.45) is 0 Å². The van der Waals surface area contributed by atoms with Crippen LogP contribution in [0.1, 0.15) is 284 Å². The number of phosphoric ester groups is 1. The average molecular weight is 1050 g/mol. The molecule has 0 amide bonds. The maximum atomic E-state index is 12.8. The van der Waals surface area contributed by atoms with Crippen molar-refractivity contribution in [3.63, 3.8) is 0 Å². The van der Waals surface area contributed by atoms with Crippen LogP contribution in [0.3, 0.4) is 0 Å². The van der Waals surface area contributed by atoms with Crippen molar-refractivity contribution in [3.8, 4) is 0 Å². The van der Waals surface area contributed by atoms with Crippen LogP contribution in [0.2, 0.25) is 0 Å². The van der Waals surface area contributed by atoms with Gasteiger partial charge in [-0.25, -0.2) is 4.57 Å². The Morgan fingerprint density at radius 2 is 0.795 bits per heavy atom. The molecule has 2 atom stereocenters. The molecule has 73 heavy (non-hydrogen) atoms. The van der Waals surface area contributed by atoms with Gasteiger partial charge >= 0.3 is 13.8 Å². The molecule has 0 aliphatic rings. The van der Waals surface area contributed by atoms with Gasteiger partial charge in [0.2, 0.25) is 0 Å². The molecule has 0 radical (unpaired) electrons. The van der Waals surface area contributed by atoms with Crippen LogP contribution in [-0.2, 0) is 27.9 Å². The van der Waals surface area contributed by atoms with Gasteiger partial charge in [0.15, 0.2) is 0 Å². The number of quaternary nitrogens is 1. The summed E-state index contributed by atoms with van der Waals surface area (Å²) in [5.41, 5.74) is 0. The van der Waals surface area contributed by atoms with E-state index in [-0.39, 0.29) is 25.8 Å². The van der Waals surface area contributed by atoms with Crippen LogP contribution in [0.25, 0.3) is 0 Å². The third-order valence-corrected chi connectivity index (χ3v) is 14.6. The molecule has 0 saturated heterocycles. The van der Waals surface area contributed by atoms with E-state index in [1.807, 2.05) is 21.1 Å². The molecule has 0 spiro atoms. The number of carbonyl (C=O) groups excluding carboxylic acids is 1. The fourth-order valence-electron chi connectivity index (χ4n) is 8.88. The lowest BCUT2D eigenvalue weighted by Gasteiger charge is -2.24. The van der Waals surface area contributed by atoms with E-state index in [9.17, 15) is 14.3 Å². The van der Waals surface area contributed by atoms with Gasteiger partial charge < -0.3 is 18.9 Å². The highest BCUT2D eigenvalue weighted by molar-refractivity contribution is 7.47. The van der Waals surface area contributed by atoms with Crippen LogP contribution in [0.15, 0.2) is 60.8 Å². The highest BCUT2D eigenvalue weighted by atomic mass is 31.2. The van der Waals surface area contributed by atoms with Gasteiger partial charge in [-0.15, -0.1) is 0 Å². The van der Waals surface area contributed by atoms with Gasteiger partial charge in [-0.3, -0.25) is 13.8 Å². The summed E-state index contributed by atoms with van der Waals surface area (Å²) < 4.78 is 35.3. The van der Waals surface area contributed by atoms with Crippen LogP contribution < -0.4 is 0 Å². The van der Waals surface area contributed by atoms with Crippen molar-refractivity contribution < 1.29 is 37.3 Å². The summed E-state index contributed by atoms with van der Waals surface area (Å²) in [5, 5.41) is 0. The summed E-state index contributed by atoms with van der Waals surface area (Å²) in [6, 6.07) is 0. The molecule has 0 aliphatic heterocycles. The zero-order valence-electron chi connectivity index (χ0n) is 48.9. The molecular formula is C64H121NO7P+. The van der Waals surface area contributed by atoms with Crippen LogP contribution in [-0.4, -0.2) is 75.6 Å². The second kappa shape index (κ2) is 56.4. The van der Waals surface area contributed by atoms with Crippen LogP contribution in [0, 0.1) is 0 Å². The molecule has 8 nitrogen and oxygen atoms in total. The van der Waals surface area contributed by atoms with Gasteiger partial charge in [-0.2, -0.15) is 0 Å². The van der Waals surface area contributed by atoms with Gasteiger partial charge in [0.25, 0.3) is 0 Å². The quantitative estimate of drug-likeness (QED) is 0.0213. The molecule has 2 unspecified atom stereocenters. The molecule has 0 rings (SSSR count). The highest BCUT2D eigenvalue weighted by Gasteiger charge is 2.26. The van der Waals surface area contributed by atoms with Gasteiger partial charge in [-0.05, 0) is 57.8 Å². The molecule has 0 aromatic heterocycles. The zero-order valence-corrected chi connectivity index (χ0v) is 49.8. The predicted octanol–water partition coefficient (Wildman–Crippen LogP) is 20.0. The Labute approximate surface area is 453 Å². The van der Waals surface area contributed by atoms with E-state index in [4.69, 9.17) is 18.5 Å². The van der Waals surface area contributed by atoms with Crippen molar-refractivity contribution in [1.82, 2.24) is 0 Å². The summed E-state index contributed by atoms with van der Waals surface area (Å²) in [4.78, 5) is 23.1. The third-order valence-electron chi connectivity index (χ3n) is 13.6. The maximum Gasteiger partial charge on any atom is 0.472 e. The molecular weight excluding hydrogens is 926 g/mol. The van der Waals surface area contributed by atoms with Crippen molar-refractivity contribution in [2.45, 2.75) is 290 Å². The first kappa shape index (κ1) is 71.2. The maximum absolute atomic E-state index is 12.8. The van der Waals surface area contributed by atoms with E-state index in [1.165, 1.54) is 193 Å². The Kier molecular flexibility index (Phi) is 55.0. The smallest absolute Gasteiger partial charge is 0.457 e. The first-order chi connectivity index (χ1) is 35.6. The summed E-state index contributed by atoms with van der Waals surface area (Å²) in [6.07, 6.45) is 74.4. The number of nitrogens with zero attached hydrogens (tertiary/aromatic N) is 1. The molecule has 1 N–H and O–H groups in total. The first-order valence-electron chi connectivity index (χ1n) is 31.0. The number of rotatable bonds is 58. The topological polar surface area (TPSA) is 91.3 Å². The first-order valence-corrected chi connectivity index (χ1v) is 32.5. The SMILES string of the molecule is CC/C=C\C/C=C\C/C=C\C/C=C\C/C=C\CCCCCCCCCCCC(=O)OC(COCCCCCCCCCCCCCCCCCCCCCCCCCCCC)COP(=O)(O)OCC[N+](C)(C)C. The number of carbonyl (C=O) groups is 1. The van der Waals surface area contributed by atoms with Crippen LogP contribution in [0.5, 0.6) is 0 Å². The third kappa shape index (κ3) is 60.9. The molecule has 0 bridgehead atoms. The number of esters is 1. The molecule has 0 heterocycles. The number of hydrogen-bond acceptors (Lipinski definition) is 6. The Hall–Kier alpha value is -1.80. The monoisotopic (exact) mass is 1050 g/mol.